The predicted octanol–water partition coefficient (Wildman–Crippen LogP) is 6.27. The highest BCUT2D eigenvalue weighted by atomic mass is 16.6. The number of alkyl carbamates (subject to hydrolysis) is 1. The maximum atomic E-state index is 14.1. The van der Waals surface area contributed by atoms with Crippen molar-refractivity contribution in [2.24, 2.45) is 10.4 Å². The molecule has 10 heteroatoms. The molecule has 1 aromatic rings. The van der Waals surface area contributed by atoms with Crippen molar-refractivity contribution >= 4 is 30.3 Å². The Hall–Kier alpha value is -3.14. The van der Waals surface area contributed by atoms with Gasteiger partial charge in [0.15, 0.2) is 0 Å². The SMILES string of the molecule is C=Nc1ccc(OC)cc1C(C)CC[C@@]1(O)C[C@@H](C(=O)NCC(C)(C)CC)N(C(=O)C(CCCCC)NC(=O)OC(C)(C)C)C1. The molecule has 0 bridgehead atoms. The van der Waals surface area contributed by atoms with Crippen LogP contribution >= 0.6 is 0 Å². The first-order valence-electron chi connectivity index (χ1n) is 16.4. The summed E-state index contributed by atoms with van der Waals surface area (Å²) in [5.41, 5.74) is -0.454. The number of hydrogen-bond donors (Lipinski definition) is 3. The number of amides is 3. The van der Waals surface area contributed by atoms with Crippen molar-refractivity contribution in [2.45, 2.75) is 136 Å². The monoisotopic (exact) mass is 630 g/mol. The lowest BCUT2D eigenvalue weighted by molar-refractivity contribution is -0.140. The minimum absolute atomic E-state index is 0.00244. The molecule has 0 saturated carbocycles. The van der Waals surface area contributed by atoms with Crippen LogP contribution in [0.15, 0.2) is 23.2 Å². The molecule has 0 spiro atoms. The lowest BCUT2D eigenvalue weighted by atomic mass is 9.87. The Labute approximate surface area is 270 Å². The van der Waals surface area contributed by atoms with Gasteiger partial charge in [0.2, 0.25) is 11.8 Å². The molecule has 0 aliphatic carbocycles. The summed E-state index contributed by atoms with van der Waals surface area (Å²) in [6.45, 7) is 19.7. The summed E-state index contributed by atoms with van der Waals surface area (Å²) >= 11 is 0. The van der Waals surface area contributed by atoms with E-state index < -0.39 is 29.4 Å². The maximum absolute atomic E-state index is 14.1. The number of aliphatic imine (C=N–C) groups is 1. The van der Waals surface area contributed by atoms with Gasteiger partial charge in [-0.15, -0.1) is 0 Å². The van der Waals surface area contributed by atoms with Crippen molar-refractivity contribution in [2.75, 3.05) is 20.2 Å². The van der Waals surface area contributed by atoms with E-state index in [4.69, 9.17) is 9.47 Å². The highest BCUT2D eigenvalue weighted by Gasteiger charge is 2.49. The van der Waals surface area contributed by atoms with E-state index in [0.29, 0.717) is 31.6 Å². The molecule has 1 aliphatic rings. The lowest BCUT2D eigenvalue weighted by Gasteiger charge is -2.31. The van der Waals surface area contributed by atoms with Gasteiger partial charge in [-0.2, -0.15) is 0 Å². The molecule has 45 heavy (non-hydrogen) atoms. The van der Waals surface area contributed by atoms with Gasteiger partial charge < -0.3 is 30.1 Å². The van der Waals surface area contributed by atoms with Crippen LogP contribution in [0.1, 0.15) is 118 Å². The third-order valence-electron chi connectivity index (χ3n) is 8.76. The summed E-state index contributed by atoms with van der Waals surface area (Å²) < 4.78 is 10.9. The van der Waals surface area contributed by atoms with Gasteiger partial charge in [-0.25, -0.2) is 4.79 Å². The van der Waals surface area contributed by atoms with Crippen molar-refractivity contribution in [1.29, 1.82) is 0 Å². The van der Waals surface area contributed by atoms with Gasteiger partial charge in [0.1, 0.15) is 23.4 Å². The van der Waals surface area contributed by atoms with Crippen molar-refractivity contribution in [3.8, 4) is 5.75 Å². The summed E-state index contributed by atoms with van der Waals surface area (Å²) in [4.78, 5) is 46.2. The topological polar surface area (TPSA) is 130 Å². The van der Waals surface area contributed by atoms with Crippen molar-refractivity contribution in [3.63, 3.8) is 0 Å². The first kappa shape index (κ1) is 38.0. The van der Waals surface area contributed by atoms with Crippen LogP contribution in [-0.4, -0.2) is 78.1 Å². The van der Waals surface area contributed by atoms with Gasteiger partial charge in [0.25, 0.3) is 0 Å². The third-order valence-corrected chi connectivity index (χ3v) is 8.76. The van der Waals surface area contributed by atoms with Crippen molar-refractivity contribution in [1.82, 2.24) is 15.5 Å². The predicted molar refractivity (Wildman–Crippen MR) is 179 cm³/mol. The van der Waals surface area contributed by atoms with Gasteiger partial charge in [-0.05, 0) is 88.3 Å². The number of hydrogen-bond acceptors (Lipinski definition) is 7. The van der Waals surface area contributed by atoms with Crippen LogP contribution < -0.4 is 15.4 Å². The molecule has 0 aromatic heterocycles. The fourth-order valence-electron chi connectivity index (χ4n) is 5.52. The number of ether oxygens (including phenoxy) is 2. The highest BCUT2D eigenvalue weighted by Crippen LogP contribution is 2.38. The van der Waals surface area contributed by atoms with Crippen LogP contribution in [0.25, 0.3) is 0 Å². The number of nitrogens with one attached hydrogen (secondary N) is 2. The molecular formula is C35H58N4O6. The molecule has 3 N–H and O–H groups in total. The average Bonchev–Trinajstić information content (AvgIpc) is 3.34. The molecule has 10 nitrogen and oxygen atoms in total. The minimum Gasteiger partial charge on any atom is -0.497 e. The van der Waals surface area contributed by atoms with Gasteiger partial charge in [0, 0.05) is 13.0 Å². The van der Waals surface area contributed by atoms with E-state index in [-0.39, 0.29) is 36.1 Å². The second kappa shape index (κ2) is 16.4. The Morgan fingerprint density at radius 2 is 1.84 bits per heavy atom. The van der Waals surface area contributed by atoms with Crippen LogP contribution in [0.2, 0.25) is 0 Å². The molecule has 1 fully saturated rings. The standard InChI is InChI=1S/C35H58N4O6/c1-11-13-14-15-28(38-32(42)45-33(4,5)6)31(41)39-23-35(43,21-29(39)30(40)37-22-34(7,8)12-2)19-18-24(3)26-20-25(44-10)16-17-27(26)36-9/h16-17,20,24,28-29,43H,9,11-15,18-19,21-23H2,1-8,10H3,(H,37,40)(H,38,42)/t24?,28?,29-,35+/m0/s1. The van der Waals surface area contributed by atoms with Gasteiger partial charge in [-0.3, -0.25) is 14.6 Å². The number of aliphatic hydroxyl groups is 1. The first-order valence-corrected chi connectivity index (χ1v) is 16.4. The Morgan fingerprint density at radius 3 is 2.42 bits per heavy atom. The molecule has 1 saturated heterocycles. The molecule has 2 unspecified atom stereocenters. The van der Waals surface area contributed by atoms with E-state index in [9.17, 15) is 19.5 Å². The van der Waals surface area contributed by atoms with Crippen LogP contribution in [0.3, 0.4) is 0 Å². The number of benzene rings is 1. The summed E-state index contributed by atoms with van der Waals surface area (Å²) in [7, 11) is 1.61. The van der Waals surface area contributed by atoms with E-state index in [1.54, 1.807) is 27.9 Å². The van der Waals surface area contributed by atoms with Gasteiger partial charge in [-0.1, -0.05) is 53.9 Å². The first-order chi connectivity index (χ1) is 21.0. The molecule has 4 atom stereocenters. The Bertz CT molecular complexity index is 1160. The van der Waals surface area contributed by atoms with Crippen LogP contribution in [-0.2, 0) is 14.3 Å². The normalized spacial score (nSPS) is 19.9. The van der Waals surface area contributed by atoms with Crippen LogP contribution in [0, 0.1) is 5.41 Å². The fourth-order valence-corrected chi connectivity index (χ4v) is 5.52. The molecule has 1 heterocycles. The zero-order valence-electron chi connectivity index (χ0n) is 29.1. The summed E-state index contributed by atoms with van der Waals surface area (Å²) in [6.07, 6.45) is 4.19. The number of unbranched alkanes of at least 4 members (excludes halogenated alkanes) is 2. The number of carbonyl (C=O) groups excluding carboxylic acids is 3. The number of nitrogens with zero attached hydrogens (tertiary/aromatic N) is 2. The van der Waals surface area contributed by atoms with Gasteiger partial charge >= 0.3 is 6.09 Å². The molecule has 3 amide bonds. The largest absolute Gasteiger partial charge is 0.497 e. The van der Waals surface area contributed by atoms with Crippen LogP contribution in [0.5, 0.6) is 5.75 Å². The van der Waals surface area contributed by atoms with Gasteiger partial charge in [0.05, 0.1) is 24.9 Å². The smallest absolute Gasteiger partial charge is 0.408 e. The summed E-state index contributed by atoms with van der Waals surface area (Å²) in [5, 5.41) is 17.7. The Morgan fingerprint density at radius 1 is 1.16 bits per heavy atom. The Kier molecular flexibility index (Phi) is 13.9. The summed E-state index contributed by atoms with van der Waals surface area (Å²) in [5.74, 6) is 0.0210. The highest BCUT2D eigenvalue weighted by molar-refractivity contribution is 5.92. The molecule has 1 aliphatic heterocycles. The second-order valence-electron chi connectivity index (χ2n) is 14.4. The molecular weight excluding hydrogens is 572 g/mol. The second-order valence-corrected chi connectivity index (χ2v) is 14.4. The molecule has 0 radical (unpaired) electrons. The lowest BCUT2D eigenvalue weighted by Crippen LogP contribution is -2.54. The maximum Gasteiger partial charge on any atom is 0.408 e. The third kappa shape index (κ3) is 11.6. The van der Waals surface area contributed by atoms with E-state index >= 15 is 0 Å². The van der Waals surface area contributed by atoms with Crippen molar-refractivity contribution in [3.05, 3.63) is 23.8 Å². The van der Waals surface area contributed by atoms with Crippen LogP contribution in [0.4, 0.5) is 10.5 Å². The Balaban J connectivity index is 2.35. The minimum atomic E-state index is -1.30. The molecule has 1 aromatic carbocycles. The zero-order chi connectivity index (χ0) is 34.0. The number of likely N-dealkylation sites (tertiary alicyclic amines) is 1. The van der Waals surface area contributed by atoms with E-state index in [1.807, 2.05) is 18.2 Å². The zero-order valence-corrected chi connectivity index (χ0v) is 29.1. The van der Waals surface area contributed by atoms with E-state index in [0.717, 1.165) is 36.9 Å². The van der Waals surface area contributed by atoms with E-state index in [2.05, 4.69) is 57.0 Å². The van der Waals surface area contributed by atoms with E-state index in [1.165, 1.54) is 4.90 Å². The fraction of sp³-hybridized carbons (Fsp3) is 0.714. The number of rotatable bonds is 16. The molecule has 254 valence electrons. The number of carbonyl (C=O) groups is 3. The average molecular weight is 631 g/mol. The van der Waals surface area contributed by atoms with Crippen molar-refractivity contribution < 1.29 is 29.0 Å². The molecule has 2 rings (SSSR count). The number of methoxy groups -OCH3 is 1. The summed E-state index contributed by atoms with van der Waals surface area (Å²) in [6, 6.07) is 3.86. The quantitative estimate of drug-likeness (QED) is 0.146. The number of β-amino-alcohol motifs (C(OH)–C–C–N with tert-alkyl or cyclic N) is 1.